The molecule has 3 aliphatic rings. The topological polar surface area (TPSA) is 46.9 Å². The minimum Gasteiger partial charge on any atom is -0.352 e. The third-order valence-corrected chi connectivity index (χ3v) is 7.17. The predicted octanol–water partition coefficient (Wildman–Crippen LogP) is 4.40. The first-order valence-electron chi connectivity index (χ1n) is 10.1. The van der Waals surface area contributed by atoms with Gasteiger partial charge in [-0.2, -0.15) is 0 Å². The average molecular weight is 362 g/mol. The number of aromatic nitrogens is 2. The van der Waals surface area contributed by atoms with Gasteiger partial charge in [-0.05, 0) is 64.2 Å². The molecule has 3 saturated carbocycles. The molecular weight excluding hydrogens is 330 g/mol. The molecule has 4 rings (SSSR count). The van der Waals surface area contributed by atoms with Gasteiger partial charge < -0.3 is 9.88 Å². The summed E-state index contributed by atoms with van der Waals surface area (Å²) in [6.07, 6.45) is 11.7. The molecule has 4 nitrogen and oxygen atoms in total. The molecule has 0 atom stereocenters. The van der Waals surface area contributed by atoms with Crippen molar-refractivity contribution in [2.75, 3.05) is 5.75 Å². The van der Waals surface area contributed by atoms with Crippen LogP contribution < -0.4 is 5.32 Å². The van der Waals surface area contributed by atoms with Crippen molar-refractivity contribution in [3.8, 4) is 0 Å². The lowest BCUT2D eigenvalue weighted by atomic mass is 9.95. The molecule has 1 aromatic rings. The Labute approximate surface area is 155 Å². The number of carbonyl (C=O) groups excluding carboxylic acids is 1. The Morgan fingerprint density at radius 1 is 1.12 bits per heavy atom. The second-order valence-electron chi connectivity index (χ2n) is 8.28. The van der Waals surface area contributed by atoms with E-state index in [4.69, 9.17) is 4.98 Å². The summed E-state index contributed by atoms with van der Waals surface area (Å²) in [5.41, 5.74) is 2.39. The highest BCUT2D eigenvalue weighted by Crippen LogP contribution is 2.44. The van der Waals surface area contributed by atoms with Gasteiger partial charge in [-0.15, -0.1) is 0 Å². The Kier molecular flexibility index (Phi) is 5.12. The van der Waals surface area contributed by atoms with Crippen molar-refractivity contribution in [1.82, 2.24) is 14.9 Å². The lowest BCUT2D eigenvalue weighted by Crippen LogP contribution is -2.39. The summed E-state index contributed by atoms with van der Waals surface area (Å²) in [5.74, 6) is 2.21. The van der Waals surface area contributed by atoms with Crippen molar-refractivity contribution in [3.63, 3.8) is 0 Å². The highest BCUT2D eigenvalue weighted by atomic mass is 32.2. The molecule has 0 radical (unpaired) electrons. The smallest absolute Gasteiger partial charge is 0.230 e. The Hall–Kier alpha value is -0.970. The molecule has 3 aliphatic carbocycles. The first kappa shape index (κ1) is 17.4. The van der Waals surface area contributed by atoms with Gasteiger partial charge in [0.2, 0.25) is 5.91 Å². The summed E-state index contributed by atoms with van der Waals surface area (Å²) in [4.78, 5) is 17.3. The number of nitrogens with zero attached hydrogens (tertiary/aromatic N) is 2. The van der Waals surface area contributed by atoms with Crippen LogP contribution >= 0.6 is 11.8 Å². The molecule has 25 heavy (non-hydrogen) atoms. The molecule has 0 aromatic carbocycles. The van der Waals surface area contributed by atoms with Crippen LogP contribution in [0.1, 0.15) is 75.2 Å². The van der Waals surface area contributed by atoms with Crippen LogP contribution in [0.25, 0.3) is 0 Å². The third-order valence-electron chi connectivity index (χ3n) is 6.21. The maximum Gasteiger partial charge on any atom is 0.230 e. The predicted molar refractivity (Wildman–Crippen MR) is 102 cm³/mol. The van der Waals surface area contributed by atoms with Crippen LogP contribution in [0.15, 0.2) is 5.16 Å². The van der Waals surface area contributed by atoms with Gasteiger partial charge in [0, 0.05) is 17.8 Å². The minimum atomic E-state index is 0.197. The van der Waals surface area contributed by atoms with Gasteiger partial charge in [0.15, 0.2) is 5.16 Å². The maximum atomic E-state index is 12.5. The van der Waals surface area contributed by atoms with Gasteiger partial charge in [0.05, 0.1) is 11.4 Å². The Morgan fingerprint density at radius 3 is 2.36 bits per heavy atom. The number of hydrogen-bond acceptors (Lipinski definition) is 3. The van der Waals surface area contributed by atoms with Gasteiger partial charge in [-0.3, -0.25) is 4.79 Å². The van der Waals surface area contributed by atoms with E-state index in [1.54, 1.807) is 11.8 Å². The molecule has 1 aromatic heterocycles. The van der Waals surface area contributed by atoms with Crippen LogP contribution in [0, 0.1) is 25.7 Å². The molecule has 1 amide bonds. The van der Waals surface area contributed by atoms with Crippen molar-refractivity contribution >= 4 is 17.7 Å². The summed E-state index contributed by atoms with van der Waals surface area (Å²) in [5, 5.41) is 4.38. The van der Waals surface area contributed by atoms with Crippen molar-refractivity contribution in [2.45, 2.75) is 88.9 Å². The molecule has 0 aliphatic heterocycles. The standard InChI is InChI=1S/C20H31N3OS/c1-13-14(2)23(17-6-4-3-5-7-17)20(21-13)25-12-18(24)22-19(15-8-9-15)16-10-11-16/h15-17,19H,3-12H2,1-2H3,(H,22,24). The molecule has 138 valence electrons. The Bertz CT molecular complexity index is 615. The fourth-order valence-electron chi connectivity index (χ4n) is 4.36. The zero-order valence-electron chi connectivity index (χ0n) is 15.6. The second-order valence-corrected chi connectivity index (χ2v) is 9.23. The van der Waals surface area contributed by atoms with Crippen LogP contribution in [0.4, 0.5) is 0 Å². The van der Waals surface area contributed by atoms with Crippen LogP contribution in [-0.4, -0.2) is 27.3 Å². The molecule has 0 bridgehead atoms. The Balaban J connectivity index is 1.38. The van der Waals surface area contributed by atoms with Gasteiger partial charge in [-0.1, -0.05) is 31.0 Å². The van der Waals surface area contributed by atoms with E-state index in [-0.39, 0.29) is 5.91 Å². The van der Waals surface area contributed by atoms with E-state index in [1.165, 1.54) is 63.5 Å². The van der Waals surface area contributed by atoms with Gasteiger partial charge >= 0.3 is 0 Å². The summed E-state index contributed by atoms with van der Waals surface area (Å²) in [7, 11) is 0. The van der Waals surface area contributed by atoms with E-state index in [1.807, 2.05) is 0 Å². The maximum absolute atomic E-state index is 12.5. The fraction of sp³-hybridized carbons (Fsp3) is 0.800. The average Bonchev–Trinajstić information content (AvgIpc) is 3.52. The number of hydrogen-bond donors (Lipinski definition) is 1. The number of rotatable bonds is 7. The third kappa shape index (κ3) is 4.07. The van der Waals surface area contributed by atoms with Gasteiger partial charge in [0.25, 0.3) is 0 Å². The molecule has 1 N–H and O–H groups in total. The normalized spacial score (nSPS) is 21.7. The molecule has 0 saturated heterocycles. The first-order chi connectivity index (χ1) is 12.1. The van der Waals surface area contributed by atoms with Crippen LogP contribution in [0.5, 0.6) is 0 Å². The zero-order valence-corrected chi connectivity index (χ0v) is 16.4. The molecule has 5 heteroatoms. The van der Waals surface area contributed by atoms with E-state index in [0.29, 0.717) is 17.8 Å². The lowest BCUT2D eigenvalue weighted by molar-refractivity contribution is -0.119. The summed E-state index contributed by atoms with van der Waals surface area (Å²) in [6.45, 7) is 4.27. The first-order valence-corrected chi connectivity index (χ1v) is 11.1. The summed E-state index contributed by atoms with van der Waals surface area (Å²) in [6, 6.07) is 1.03. The molecule has 1 heterocycles. The molecule has 3 fully saturated rings. The van der Waals surface area contributed by atoms with Crippen molar-refractivity contribution in [3.05, 3.63) is 11.4 Å². The summed E-state index contributed by atoms with van der Waals surface area (Å²) < 4.78 is 2.42. The second kappa shape index (κ2) is 7.34. The SMILES string of the molecule is Cc1nc(SCC(=O)NC(C2CC2)C2CC2)n(C2CCCCC2)c1C. The largest absolute Gasteiger partial charge is 0.352 e. The number of aryl methyl sites for hydroxylation is 1. The molecule has 0 spiro atoms. The minimum absolute atomic E-state index is 0.197. The van der Waals surface area contributed by atoms with Crippen LogP contribution in [0.2, 0.25) is 0 Å². The molecular formula is C20H31N3OS. The highest BCUT2D eigenvalue weighted by Gasteiger charge is 2.42. The Morgan fingerprint density at radius 2 is 1.76 bits per heavy atom. The van der Waals surface area contributed by atoms with E-state index in [9.17, 15) is 4.79 Å². The fourth-order valence-corrected chi connectivity index (χ4v) is 5.33. The van der Waals surface area contributed by atoms with Crippen molar-refractivity contribution in [2.24, 2.45) is 11.8 Å². The van der Waals surface area contributed by atoms with E-state index < -0.39 is 0 Å². The van der Waals surface area contributed by atoms with E-state index in [0.717, 1.165) is 22.7 Å². The quantitative estimate of drug-likeness (QED) is 0.732. The number of amides is 1. The monoisotopic (exact) mass is 361 g/mol. The van der Waals surface area contributed by atoms with E-state index in [2.05, 4.69) is 23.7 Å². The lowest BCUT2D eigenvalue weighted by Gasteiger charge is -2.26. The summed E-state index contributed by atoms with van der Waals surface area (Å²) >= 11 is 1.63. The van der Waals surface area contributed by atoms with Gasteiger partial charge in [-0.25, -0.2) is 4.98 Å². The number of thioether (sulfide) groups is 1. The number of imidazole rings is 1. The zero-order chi connectivity index (χ0) is 17.4. The van der Waals surface area contributed by atoms with Gasteiger partial charge in [0.1, 0.15) is 0 Å². The molecule has 0 unspecified atom stereocenters. The number of carbonyl (C=O) groups is 1. The van der Waals surface area contributed by atoms with Crippen molar-refractivity contribution < 1.29 is 4.79 Å². The van der Waals surface area contributed by atoms with Crippen LogP contribution in [0.3, 0.4) is 0 Å². The van der Waals surface area contributed by atoms with Crippen LogP contribution in [-0.2, 0) is 4.79 Å². The highest BCUT2D eigenvalue weighted by molar-refractivity contribution is 7.99. The van der Waals surface area contributed by atoms with E-state index >= 15 is 0 Å². The number of nitrogens with one attached hydrogen (secondary N) is 1. The van der Waals surface area contributed by atoms with Crippen molar-refractivity contribution in [1.29, 1.82) is 0 Å².